The van der Waals surface area contributed by atoms with E-state index in [0.717, 1.165) is 5.56 Å². The number of primary sulfonamides is 1. The van der Waals surface area contributed by atoms with Gasteiger partial charge >= 0.3 is 0 Å². The topological polar surface area (TPSA) is 93.4 Å². The third kappa shape index (κ3) is 5.35. The fourth-order valence-electron chi connectivity index (χ4n) is 1.66. The molecule has 1 unspecified atom stereocenters. The van der Waals surface area contributed by atoms with Gasteiger partial charge in [0.1, 0.15) is 0 Å². The molecule has 0 aliphatic carbocycles. The van der Waals surface area contributed by atoms with E-state index >= 15 is 0 Å². The highest BCUT2D eigenvalue weighted by molar-refractivity contribution is 7.89. The molecule has 0 aromatic carbocycles. The monoisotopic (exact) mass is 285 g/mol. The minimum atomic E-state index is -3.50. The van der Waals surface area contributed by atoms with Gasteiger partial charge in [0.2, 0.25) is 15.9 Å². The number of carbonyl (C=O) groups excluding carboxylic acids is 1. The highest BCUT2D eigenvalue weighted by Gasteiger charge is 2.17. The van der Waals surface area contributed by atoms with Crippen LogP contribution in [-0.4, -0.2) is 37.0 Å². The third-order valence-corrected chi connectivity index (χ3v) is 3.82. The standard InChI is InChI=1S/C12H19N3O3S/c1-10(11-5-3-7-14-9-11)15(2)12(16)6-4-8-19(13,17)18/h3,5,7,9-10H,4,6,8H2,1-2H3,(H2,13,17,18). The highest BCUT2D eigenvalue weighted by atomic mass is 32.2. The Morgan fingerprint density at radius 2 is 2.21 bits per heavy atom. The Balaban J connectivity index is 2.53. The van der Waals surface area contributed by atoms with Crippen molar-refractivity contribution >= 4 is 15.9 Å². The first kappa shape index (κ1) is 15.6. The molecule has 1 rings (SSSR count). The van der Waals surface area contributed by atoms with Gasteiger partial charge in [-0.3, -0.25) is 9.78 Å². The summed E-state index contributed by atoms with van der Waals surface area (Å²) in [6.07, 6.45) is 3.78. The van der Waals surface area contributed by atoms with Crippen LogP contribution in [0.2, 0.25) is 0 Å². The molecule has 0 fully saturated rings. The Labute approximate surface area is 113 Å². The van der Waals surface area contributed by atoms with Gasteiger partial charge in [-0.25, -0.2) is 13.6 Å². The molecular formula is C12H19N3O3S. The second-order valence-electron chi connectivity index (χ2n) is 4.44. The number of rotatable bonds is 6. The maximum atomic E-state index is 11.9. The van der Waals surface area contributed by atoms with E-state index in [1.54, 1.807) is 24.3 Å². The van der Waals surface area contributed by atoms with Crippen LogP contribution in [0.3, 0.4) is 0 Å². The van der Waals surface area contributed by atoms with Crippen LogP contribution in [0.1, 0.15) is 31.4 Å². The number of carbonyl (C=O) groups is 1. The minimum absolute atomic E-state index is 0.101. The molecule has 2 N–H and O–H groups in total. The van der Waals surface area contributed by atoms with Crippen molar-refractivity contribution in [1.29, 1.82) is 0 Å². The lowest BCUT2D eigenvalue weighted by atomic mass is 10.1. The number of nitrogens with two attached hydrogens (primary N) is 1. The van der Waals surface area contributed by atoms with Gasteiger partial charge in [0.15, 0.2) is 0 Å². The molecule has 0 spiro atoms. The number of hydrogen-bond donors (Lipinski definition) is 1. The van der Waals surface area contributed by atoms with Crippen LogP contribution >= 0.6 is 0 Å². The van der Waals surface area contributed by atoms with Crippen molar-refractivity contribution in [2.45, 2.75) is 25.8 Å². The van der Waals surface area contributed by atoms with Crippen molar-refractivity contribution in [1.82, 2.24) is 9.88 Å². The second-order valence-corrected chi connectivity index (χ2v) is 6.17. The van der Waals surface area contributed by atoms with Crippen molar-refractivity contribution in [3.8, 4) is 0 Å². The van der Waals surface area contributed by atoms with Gasteiger partial charge in [0.25, 0.3) is 0 Å². The predicted octanol–water partition coefficient (Wildman–Crippen LogP) is 0.670. The molecule has 1 atom stereocenters. The van der Waals surface area contributed by atoms with Gasteiger partial charge < -0.3 is 4.90 Å². The zero-order chi connectivity index (χ0) is 14.5. The van der Waals surface area contributed by atoms with Crippen LogP contribution in [0.5, 0.6) is 0 Å². The van der Waals surface area contributed by atoms with Crippen molar-refractivity contribution in [3.05, 3.63) is 30.1 Å². The average Bonchev–Trinajstić information content (AvgIpc) is 2.36. The van der Waals surface area contributed by atoms with E-state index in [0.29, 0.717) is 0 Å². The molecule has 0 saturated carbocycles. The number of amides is 1. The van der Waals surface area contributed by atoms with E-state index in [2.05, 4.69) is 4.98 Å². The molecule has 1 aromatic heterocycles. The SMILES string of the molecule is CC(c1cccnc1)N(C)C(=O)CCCS(N)(=O)=O. The fraction of sp³-hybridized carbons (Fsp3) is 0.500. The van der Waals surface area contributed by atoms with Crippen LogP contribution in [0.4, 0.5) is 0 Å². The number of aromatic nitrogens is 1. The van der Waals surface area contributed by atoms with Crippen molar-refractivity contribution in [2.24, 2.45) is 5.14 Å². The normalized spacial score (nSPS) is 13.0. The summed E-state index contributed by atoms with van der Waals surface area (Å²) < 4.78 is 21.6. The Morgan fingerprint density at radius 3 is 2.74 bits per heavy atom. The Morgan fingerprint density at radius 1 is 1.53 bits per heavy atom. The lowest BCUT2D eigenvalue weighted by molar-refractivity contribution is -0.131. The van der Waals surface area contributed by atoms with Crippen LogP contribution in [0.15, 0.2) is 24.5 Å². The molecule has 0 aliphatic heterocycles. The molecular weight excluding hydrogens is 266 g/mol. The van der Waals surface area contributed by atoms with E-state index in [4.69, 9.17) is 5.14 Å². The summed E-state index contributed by atoms with van der Waals surface area (Å²) in [5, 5.41) is 4.89. The number of pyridine rings is 1. The molecule has 0 radical (unpaired) electrons. The largest absolute Gasteiger partial charge is 0.339 e. The first-order valence-electron chi connectivity index (χ1n) is 5.97. The number of sulfonamides is 1. The smallest absolute Gasteiger partial charge is 0.222 e. The molecule has 6 nitrogen and oxygen atoms in total. The Kier molecular flexibility index (Phi) is 5.44. The predicted molar refractivity (Wildman–Crippen MR) is 72.6 cm³/mol. The van der Waals surface area contributed by atoms with Crippen LogP contribution in [0.25, 0.3) is 0 Å². The zero-order valence-corrected chi connectivity index (χ0v) is 11.9. The number of hydrogen-bond acceptors (Lipinski definition) is 4. The van der Waals surface area contributed by atoms with Crippen LogP contribution in [0, 0.1) is 0 Å². The summed E-state index contributed by atoms with van der Waals surface area (Å²) in [4.78, 5) is 17.5. The quantitative estimate of drug-likeness (QED) is 0.831. The maximum absolute atomic E-state index is 11.9. The molecule has 0 aliphatic rings. The first-order valence-corrected chi connectivity index (χ1v) is 7.69. The fourth-order valence-corrected chi connectivity index (χ4v) is 2.21. The van der Waals surface area contributed by atoms with Crippen molar-refractivity contribution in [3.63, 3.8) is 0 Å². The van der Waals surface area contributed by atoms with Gasteiger partial charge in [-0.2, -0.15) is 0 Å². The van der Waals surface area contributed by atoms with Crippen LogP contribution in [-0.2, 0) is 14.8 Å². The summed E-state index contributed by atoms with van der Waals surface area (Å²) in [6, 6.07) is 3.60. The van der Waals surface area contributed by atoms with Crippen molar-refractivity contribution in [2.75, 3.05) is 12.8 Å². The Hall–Kier alpha value is -1.47. The summed E-state index contributed by atoms with van der Waals surface area (Å²) in [5.74, 6) is -0.284. The molecule has 1 heterocycles. The van der Waals surface area contributed by atoms with Gasteiger partial charge in [0, 0.05) is 25.9 Å². The van der Waals surface area contributed by atoms with E-state index in [9.17, 15) is 13.2 Å². The van der Waals surface area contributed by atoms with Gasteiger partial charge in [0.05, 0.1) is 11.8 Å². The zero-order valence-electron chi connectivity index (χ0n) is 11.1. The highest BCUT2D eigenvalue weighted by Crippen LogP contribution is 2.18. The summed E-state index contributed by atoms with van der Waals surface area (Å²) in [6.45, 7) is 1.90. The molecule has 0 bridgehead atoms. The van der Waals surface area contributed by atoms with Gasteiger partial charge in [-0.05, 0) is 25.0 Å². The molecule has 19 heavy (non-hydrogen) atoms. The average molecular weight is 285 g/mol. The number of nitrogens with zero attached hydrogens (tertiary/aromatic N) is 2. The summed E-state index contributed by atoms with van der Waals surface area (Å²) in [5.41, 5.74) is 0.935. The minimum Gasteiger partial charge on any atom is -0.339 e. The van der Waals surface area contributed by atoms with Gasteiger partial charge in [-0.1, -0.05) is 6.07 Å². The lowest BCUT2D eigenvalue weighted by Gasteiger charge is -2.25. The molecule has 7 heteroatoms. The molecule has 0 saturated heterocycles. The van der Waals surface area contributed by atoms with E-state index in [-0.39, 0.29) is 30.5 Å². The molecule has 1 aromatic rings. The van der Waals surface area contributed by atoms with Gasteiger partial charge in [-0.15, -0.1) is 0 Å². The summed E-state index contributed by atoms with van der Waals surface area (Å²) in [7, 11) is -1.81. The van der Waals surface area contributed by atoms with Crippen molar-refractivity contribution < 1.29 is 13.2 Å². The molecule has 106 valence electrons. The van der Waals surface area contributed by atoms with E-state index in [1.165, 1.54) is 0 Å². The van der Waals surface area contributed by atoms with Crippen LogP contribution < -0.4 is 5.14 Å². The maximum Gasteiger partial charge on any atom is 0.222 e. The summed E-state index contributed by atoms with van der Waals surface area (Å²) >= 11 is 0. The first-order chi connectivity index (χ1) is 8.81. The Bertz CT molecular complexity index is 516. The third-order valence-electron chi connectivity index (χ3n) is 2.96. The second kappa shape index (κ2) is 6.63. The molecule has 1 amide bonds. The van der Waals surface area contributed by atoms with E-state index in [1.807, 2.05) is 19.1 Å². The lowest BCUT2D eigenvalue weighted by Crippen LogP contribution is -2.30. The van der Waals surface area contributed by atoms with E-state index < -0.39 is 10.0 Å².